The summed E-state index contributed by atoms with van der Waals surface area (Å²) in [6.07, 6.45) is 0. The third kappa shape index (κ3) is 4.28. The Bertz CT molecular complexity index is 784. The van der Waals surface area contributed by atoms with Gasteiger partial charge >= 0.3 is 0 Å². The van der Waals surface area contributed by atoms with Gasteiger partial charge in [0, 0.05) is 25.2 Å². The fourth-order valence-corrected chi connectivity index (χ4v) is 3.30. The van der Waals surface area contributed by atoms with Crippen LogP contribution in [0.5, 0.6) is 17.2 Å². The van der Waals surface area contributed by atoms with E-state index in [1.54, 1.807) is 39.5 Å². The standard InChI is InChI=1S/C20H24N2O4.ClH/c1-24-14-8-9-19(26-3)16(12-14)20(23)22-11-10-21-13-17(22)15-6-4-5-7-18(15)25-2;/h4-9,12,17,21H,10-11,13H2,1-3H3;1H. The van der Waals surface area contributed by atoms with Gasteiger partial charge < -0.3 is 24.4 Å². The van der Waals surface area contributed by atoms with Crippen molar-refractivity contribution in [3.05, 3.63) is 53.6 Å². The maximum atomic E-state index is 13.4. The van der Waals surface area contributed by atoms with Crippen molar-refractivity contribution in [2.45, 2.75) is 6.04 Å². The largest absolute Gasteiger partial charge is 0.497 e. The van der Waals surface area contributed by atoms with Crippen LogP contribution in [-0.4, -0.2) is 51.8 Å². The van der Waals surface area contributed by atoms with Crippen molar-refractivity contribution >= 4 is 18.3 Å². The molecule has 6 nitrogen and oxygen atoms in total. The molecule has 1 saturated heterocycles. The Kier molecular flexibility index (Phi) is 7.33. The van der Waals surface area contributed by atoms with Crippen LogP contribution in [0.15, 0.2) is 42.5 Å². The van der Waals surface area contributed by atoms with E-state index in [9.17, 15) is 4.79 Å². The molecule has 0 aromatic heterocycles. The normalized spacial score (nSPS) is 16.3. The van der Waals surface area contributed by atoms with Gasteiger partial charge in [0.2, 0.25) is 0 Å². The molecular weight excluding hydrogens is 368 g/mol. The summed E-state index contributed by atoms with van der Waals surface area (Å²) < 4.78 is 16.2. The first-order valence-electron chi connectivity index (χ1n) is 8.56. The number of piperazine rings is 1. The Morgan fingerprint density at radius 2 is 1.78 bits per heavy atom. The van der Waals surface area contributed by atoms with E-state index in [4.69, 9.17) is 14.2 Å². The van der Waals surface area contributed by atoms with Gasteiger partial charge in [-0.15, -0.1) is 12.4 Å². The molecule has 1 fully saturated rings. The van der Waals surface area contributed by atoms with E-state index in [-0.39, 0.29) is 24.4 Å². The van der Waals surface area contributed by atoms with Crippen LogP contribution in [0.25, 0.3) is 0 Å². The lowest BCUT2D eigenvalue weighted by Crippen LogP contribution is -2.48. The highest BCUT2D eigenvalue weighted by Gasteiger charge is 2.31. The second kappa shape index (κ2) is 9.48. The number of carbonyl (C=O) groups excluding carboxylic acids is 1. The number of rotatable bonds is 5. The first-order chi connectivity index (χ1) is 12.7. The summed E-state index contributed by atoms with van der Waals surface area (Å²) in [6.45, 7) is 2.00. The quantitative estimate of drug-likeness (QED) is 0.847. The summed E-state index contributed by atoms with van der Waals surface area (Å²) >= 11 is 0. The predicted octanol–water partition coefficient (Wildman–Crippen LogP) is 2.92. The van der Waals surface area contributed by atoms with Crippen LogP contribution in [0.2, 0.25) is 0 Å². The zero-order chi connectivity index (χ0) is 18.5. The van der Waals surface area contributed by atoms with E-state index >= 15 is 0 Å². The van der Waals surface area contributed by atoms with Crippen LogP contribution in [0.1, 0.15) is 22.0 Å². The van der Waals surface area contributed by atoms with Gasteiger partial charge in [0.25, 0.3) is 5.91 Å². The number of hydrogen-bond acceptors (Lipinski definition) is 5. The molecular formula is C20H25ClN2O4. The minimum atomic E-state index is -0.122. The van der Waals surface area contributed by atoms with Crippen LogP contribution in [0.3, 0.4) is 0 Å². The average Bonchev–Trinajstić information content (AvgIpc) is 2.72. The van der Waals surface area contributed by atoms with E-state index in [2.05, 4.69) is 5.32 Å². The molecule has 1 atom stereocenters. The molecule has 1 unspecified atom stereocenters. The molecule has 2 aromatic carbocycles. The van der Waals surface area contributed by atoms with Crippen LogP contribution in [0, 0.1) is 0 Å². The molecule has 0 bridgehead atoms. The highest BCUT2D eigenvalue weighted by Crippen LogP contribution is 2.33. The average molecular weight is 393 g/mol. The number of amides is 1. The SMILES string of the molecule is COc1ccc(OC)c(C(=O)N2CCNCC2c2ccccc2OC)c1.Cl. The van der Waals surface area contributed by atoms with E-state index in [1.165, 1.54) is 0 Å². The molecule has 7 heteroatoms. The molecule has 1 aliphatic heterocycles. The Balaban J connectivity index is 0.00000261. The van der Waals surface area contributed by atoms with E-state index in [0.717, 1.165) is 17.9 Å². The van der Waals surface area contributed by atoms with E-state index in [0.29, 0.717) is 30.2 Å². The highest BCUT2D eigenvalue weighted by atomic mass is 35.5. The molecule has 0 spiro atoms. The highest BCUT2D eigenvalue weighted by molar-refractivity contribution is 5.97. The second-order valence-electron chi connectivity index (χ2n) is 6.03. The summed E-state index contributed by atoms with van der Waals surface area (Å²) in [5.41, 5.74) is 1.48. The van der Waals surface area contributed by atoms with Crippen molar-refractivity contribution < 1.29 is 19.0 Å². The van der Waals surface area contributed by atoms with Gasteiger partial charge in [-0.3, -0.25) is 4.79 Å². The Labute approximate surface area is 165 Å². The zero-order valence-corrected chi connectivity index (χ0v) is 16.5. The number of benzene rings is 2. The van der Waals surface area contributed by atoms with Gasteiger partial charge in [0.05, 0.1) is 32.9 Å². The van der Waals surface area contributed by atoms with Gasteiger partial charge in [0.1, 0.15) is 17.2 Å². The van der Waals surface area contributed by atoms with Gasteiger partial charge in [-0.1, -0.05) is 18.2 Å². The molecule has 1 aliphatic rings. The number of hydrogen-bond donors (Lipinski definition) is 1. The van der Waals surface area contributed by atoms with E-state index < -0.39 is 0 Å². The summed E-state index contributed by atoms with van der Waals surface area (Å²) in [5, 5.41) is 3.37. The number of methoxy groups -OCH3 is 3. The van der Waals surface area contributed by atoms with Gasteiger partial charge in [-0.05, 0) is 24.3 Å². The molecule has 0 aliphatic carbocycles. The van der Waals surface area contributed by atoms with Gasteiger partial charge in [-0.25, -0.2) is 0 Å². The van der Waals surface area contributed by atoms with Crippen LogP contribution < -0.4 is 19.5 Å². The van der Waals surface area contributed by atoms with Crippen LogP contribution in [-0.2, 0) is 0 Å². The summed E-state index contributed by atoms with van der Waals surface area (Å²) in [7, 11) is 4.79. The second-order valence-corrected chi connectivity index (χ2v) is 6.03. The monoisotopic (exact) mass is 392 g/mol. The summed E-state index contributed by atoms with van der Waals surface area (Å²) in [6, 6.07) is 12.9. The third-order valence-electron chi connectivity index (χ3n) is 4.64. The van der Waals surface area contributed by atoms with Crippen molar-refractivity contribution in [3.8, 4) is 17.2 Å². The Hall–Kier alpha value is -2.44. The number of para-hydroxylation sites is 1. The van der Waals surface area contributed by atoms with E-state index in [1.807, 2.05) is 29.2 Å². The molecule has 1 amide bonds. The topological polar surface area (TPSA) is 60.0 Å². The molecule has 1 N–H and O–H groups in total. The first kappa shape index (κ1) is 20.9. The number of nitrogens with zero attached hydrogens (tertiary/aromatic N) is 1. The molecule has 0 saturated carbocycles. The van der Waals surface area contributed by atoms with Crippen molar-refractivity contribution in [1.82, 2.24) is 10.2 Å². The maximum absolute atomic E-state index is 13.4. The number of halogens is 1. The van der Waals surface area contributed by atoms with Crippen LogP contribution >= 0.6 is 12.4 Å². The molecule has 0 radical (unpaired) electrons. The lowest BCUT2D eigenvalue weighted by molar-refractivity contribution is 0.0628. The van der Waals surface area contributed by atoms with Crippen molar-refractivity contribution in [2.24, 2.45) is 0 Å². The fourth-order valence-electron chi connectivity index (χ4n) is 3.30. The van der Waals surface area contributed by atoms with Gasteiger partial charge in [-0.2, -0.15) is 0 Å². The molecule has 27 heavy (non-hydrogen) atoms. The van der Waals surface area contributed by atoms with Crippen LogP contribution in [0.4, 0.5) is 0 Å². The lowest BCUT2D eigenvalue weighted by atomic mass is 10.0. The minimum absolute atomic E-state index is 0. The zero-order valence-electron chi connectivity index (χ0n) is 15.7. The molecule has 146 valence electrons. The number of carbonyl (C=O) groups is 1. The van der Waals surface area contributed by atoms with Gasteiger partial charge in [0.15, 0.2) is 0 Å². The molecule has 3 rings (SSSR count). The first-order valence-corrected chi connectivity index (χ1v) is 8.56. The third-order valence-corrected chi connectivity index (χ3v) is 4.64. The Morgan fingerprint density at radius 1 is 1.04 bits per heavy atom. The summed E-state index contributed by atoms with van der Waals surface area (Å²) in [5.74, 6) is 1.85. The molecule has 2 aromatic rings. The smallest absolute Gasteiger partial charge is 0.258 e. The van der Waals surface area contributed by atoms with Crippen molar-refractivity contribution in [3.63, 3.8) is 0 Å². The predicted molar refractivity (Wildman–Crippen MR) is 106 cm³/mol. The minimum Gasteiger partial charge on any atom is -0.497 e. The Morgan fingerprint density at radius 3 is 2.48 bits per heavy atom. The summed E-state index contributed by atoms with van der Waals surface area (Å²) in [4.78, 5) is 15.2. The lowest BCUT2D eigenvalue weighted by Gasteiger charge is -2.37. The van der Waals surface area contributed by atoms with Crippen molar-refractivity contribution in [2.75, 3.05) is 41.0 Å². The molecule has 1 heterocycles. The van der Waals surface area contributed by atoms with Crippen molar-refractivity contribution in [1.29, 1.82) is 0 Å². The number of ether oxygens (including phenoxy) is 3. The maximum Gasteiger partial charge on any atom is 0.258 e. The number of nitrogens with one attached hydrogen (secondary N) is 1. The fraction of sp³-hybridized carbons (Fsp3) is 0.350.